The molecule has 12 heteroatoms. The molecule has 0 aliphatic rings. The van der Waals surface area contributed by atoms with Crippen molar-refractivity contribution in [2.45, 2.75) is 12.6 Å². The number of furan rings is 1. The summed E-state index contributed by atoms with van der Waals surface area (Å²) in [7, 11) is -3.38. The number of hydrogen-bond acceptors (Lipinski definition) is 5. The Bertz CT molecular complexity index is 1310. The summed E-state index contributed by atoms with van der Waals surface area (Å²) in [6.45, 7) is 0.0685. The van der Waals surface area contributed by atoms with Crippen LogP contribution in [0.4, 0.5) is 13.2 Å². The van der Waals surface area contributed by atoms with E-state index in [4.69, 9.17) is 9.15 Å². The molecule has 0 bridgehead atoms. The minimum Gasteiger partial charge on any atom is -0.477 e. The van der Waals surface area contributed by atoms with Crippen LogP contribution in [0, 0.1) is 0 Å². The first kappa shape index (κ1) is 22.0. The predicted molar refractivity (Wildman–Crippen MR) is 114 cm³/mol. The van der Waals surface area contributed by atoms with E-state index in [1.54, 1.807) is 22.8 Å². The van der Waals surface area contributed by atoms with Crippen LogP contribution in [-0.4, -0.2) is 49.8 Å². The van der Waals surface area contributed by atoms with E-state index in [0.717, 1.165) is 17.2 Å². The fourth-order valence-electron chi connectivity index (χ4n) is 3.05. The molecule has 0 aliphatic heterocycles. The van der Waals surface area contributed by atoms with Gasteiger partial charge in [0.2, 0.25) is 5.88 Å². The third-order valence-electron chi connectivity index (χ3n) is 4.54. The largest absolute Gasteiger partial charge is 0.477 e. The molecule has 8 nitrogen and oxygen atoms in total. The standard InChI is InChI=1S/C20H19F3N4O4S/c1-32(29,26-19(28)20(21,22)23)10-4-9-30-18-8-7-17-24-12-14(27(17)25-18)16-11-13-5-2-3-6-15(13)31-16/h2-3,5-8,11-12,32H,4,9-10H2,1H3,(H,26,28,29). The highest BCUT2D eigenvalue weighted by molar-refractivity contribution is 7.99. The fourth-order valence-corrected chi connectivity index (χ4v) is 4.39. The third kappa shape index (κ3) is 4.81. The number of fused-ring (bicyclic) bond motifs is 2. The van der Waals surface area contributed by atoms with Crippen molar-refractivity contribution in [1.82, 2.24) is 14.6 Å². The Kier molecular flexibility index (Phi) is 5.73. The van der Waals surface area contributed by atoms with E-state index in [1.165, 1.54) is 0 Å². The molecule has 32 heavy (non-hydrogen) atoms. The molecule has 1 aromatic carbocycles. The van der Waals surface area contributed by atoms with Crippen LogP contribution in [0.5, 0.6) is 5.88 Å². The van der Waals surface area contributed by atoms with Crippen molar-refractivity contribution < 1.29 is 31.7 Å². The zero-order valence-electron chi connectivity index (χ0n) is 16.8. The highest BCUT2D eigenvalue weighted by atomic mass is 32.3. The van der Waals surface area contributed by atoms with Gasteiger partial charge in [-0.2, -0.15) is 17.5 Å². The molecule has 0 spiro atoms. The SMILES string of the molecule is C[SH](O)(CCCOc1ccc2ncc(-c3cc4ccccc4o3)n2n1)=NC(=O)C(F)(F)F. The maximum absolute atomic E-state index is 12.3. The van der Waals surface area contributed by atoms with Crippen LogP contribution in [0.25, 0.3) is 28.1 Å². The second kappa shape index (κ2) is 8.36. The highest BCUT2D eigenvalue weighted by Gasteiger charge is 2.39. The van der Waals surface area contributed by atoms with Gasteiger partial charge in [0.1, 0.15) is 11.3 Å². The normalized spacial score (nSPS) is 12.9. The number of ether oxygens (including phenoxy) is 1. The summed E-state index contributed by atoms with van der Waals surface area (Å²) in [4.78, 5) is 15.3. The average Bonchev–Trinajstić information content (AvgIpc) is 3.33. The van der Waals surface area contributed by atoms with Crippen molar-refractivity contribution in [2.75, 3.05) is 18.6 Å². The topological polar surface area (TPSA) is 102 Å². The van der Waals surface area contributed by atoms with Crippen LogP contribution in [-0.2, 0) is 14.9 Å². The molecule has 0 atom stereocenters. The number of rotatable bonds is 6. The Morgan fingerprint density at radius 3 is 2.81 bits per heavy atom. The summed E-state index contributed by atoms with van der Waals surface area (Å²) >= 11 is 0. The molecule has 0 fully saturated rings. The molecule has 0 unspecified atom stereocenters. The summed E-state index contributed by atoms with van der Waals surface area (Å²) in [6, 6.07) is 12.8. The van der Waals surface area contributed by atoms with Gasteiger partial charge >= 0.3 is 12.1 Å². The minimum atomic E-state index is -5.10. The van der Waals surface area contributed by atoms with E-state index < -0.39 is 22.2 Å². The van der Waals surface area contributed by atoms with Gasteiger partial charge in [0.15, 0.2) is 11.4 Å². The van der Waals surface area contributed by atoms with Crippen molar-refractivity contribution in [3.63, 3.8) is 0 Å². The van der Waals surface area contributed by atoms with Crippen LogP contribution >= 0.6 is 0 Å². The van der Waals surface area contributed by atoms with E-state index >= 15 is 0 Å². The Morgan fingerprint density at radius 1 is 1.28 bits per heavy atom. The van der Waals surface area contributed by atoms with E-state index in [2.05, 4.69) is 14.4 Å². The monoisotopic (exact) mass is 468 g/mol. The predicted octanol–water partition coefficient (Wildman–Crippen LogP) is 4.17. The summed E-state index contributed by atoms with van der Waals surface area (Å²) in [5.41, 5.74) is 1.93. The van der Waals surface area contributed by atoms with Crippen LogP contribution in [0.15, 0.2) is 57.4 Å². The van der Waals surface area contributed by atoms with Gasteiger partial charge in [-0.15, -0.1) is 15.2 Å². The number of carbonyl (C=O) groups is 1. The zero-order chi connectivity index (χ0) is 22.9. The number of aromatic nitrogens is 3. The Hall–Kier alpha value is -3.25. The van der Waals surface area contributed by atoms with E-state index in [-0.39, 0.29) is 24.7 Å². The number of alkyl halides is 3. The Morgan fingerprint density at radius 2 is 2.06 bits per heavy atom. The van der Waals surface area contributed by atoms with Gasteiger partial charge in [-0.3, -0.25) is 4.79 Å². The summed E-state index contributed by atoms with van der Waals surface area (Å²) in [6.07, 6.45) is -2.13. The fraction of sp³-hybridized carbons (Fsp3) is 0.250. The number of benzene rings is 1. The van der Waals surface area contributed by atoms with Gasteiger partial charge in [0.05, 0.1) is 12.8 Å². The number of nitrogens with zero attached hydrogens (tertiary/aromatic N) is 4. The number of thiol groups is 1. The first-order valence-corrected chi connectivity index (χ1v) is 11.8. The van der Waals surface area contributed by atoms with E-state index in [0.29, 0.717) is 17.1 Å². The smallest absolute Gasteiger partial charge is 0.474 e. The van der Waals surface area contributed by atoms with Gasteiger partial charge < -0.3 is 13.7 Å². The van der Waals surface area contributed by atoms with E-state index in [1.807, 2.05) is 30.3 Å². The lowest BCUT2D eigenvalue weighted by Crippen LogP contribution is -2.25. The van der Waals surface area contributed by atoms with Crippen LogP contribution in [0.1, 0.15) is 6.42 Å². The van der Waals surface area contributed by atoms with Crippen LogP contribution in [0.2, 0.25) is 0 Å². The summed E-state index contributed by atoms with van der Waals surface area (Å²) in [5, 5.41) is 5.33. The zero-order valence-corrected chi connectivity index (χ0v) is 17.7. The Balaban J connectivity index is 1.45. The van der Waals surface area contributed by atoms with Crippen LogP contribution < -0.4 is 4.74 Å². The lowest BCUT2D eigenvalue weighted by Gasteiger charge is -2.18. The maximum Gasteiger partial charge on any atom is 0.474 e. The number of para-hydroxylation sites is 1. The lowest BCUT2D eigenvalue weighted by molar-refractivity contribution is -0.169. The molecular weight excluding hydrogens is 449 g/mol. The number of amides is 1. The third-order valence-corrected chi connectivity index (χ3v) is 6.32. The number of halogens is 3. The van der Waals surface area contributed by atoms with Gasteiger partial charge in [0, 0.05) is 17.2 Å². The maximum atomic E-state index is 12.3. The number of hydrogen-bond donors (Lipinski definition) is 2. The molecule has 0 radical (unpaired) electrons. The van der Waals surface area contributed by atoms with Crippen molar-refractivity contribution >= 4 is 32.6 Å². The van der Waals surface area contributed by atoms with Crippen LogP contribution in [0.3, 0.4) is 0 Å². The lowest BCUT2D eigenvalue weighted by atomic mass is 10.2. The van der Waals surface area contributed by atoms with Crippen molar-refractivity contribution in [1.29, 1.82) is 0 Å². The van der Waals surface area contributed by atoms with Gasteiger partial charge in [0.25, 0.3) is 0 Å². The molecule has 3 aromatic heterocycles. The summed E-state index contributed by atoms with van der Waals surface area (Å²) < 4.78 is 62.9. The molecule has 0 saturated carbocycles. The van der Waals surface area contributed by atoms with Gasteiger partial charge in [-0.25, -0.2) is 9.50 Å². The van der Waals surface area contributed by atoms with Gasteiger partial charge in [-0.1, -0.05) is 18.2 Å². The summed E-state index contributed by atoms with van der Waals surface area (Å²) in [5.74, 6) is -1.52. The molecular formula is C20H19F3N4O4S. The second-order valence-electron chi connectivity index (χ2n) is 7.15. The molecule has 170 valence electrons. The minimum absolute atomic E-state index is 0.0685. The Labute approximate surface area is 180 Å². The highest BCUT2D eigenvalue weighted by Crippen LogP contribution is 2.28. The number of carbonyl (C=O) groups excluding carboxylic acids is 1. The van der Waals surface area contributed by atoms with Crippen molar-refractivity contribution in [3.8, 4) is 17.3 Å². The second-order valence-corrected chi connectivity index (χ2v) is 9.97. The van der Waals surface area contributed by atoms with E-state index in [9.17, 15) is 22.5 Å². The quantitative estimate of drug-likeness (QED) is 0.325. The van der Waals surface area contributed by atoms with Crippen molar-refractivity contribution in [3.05, 3.63) is 48.7 Å². The first-order chi connectivity index (χ1) is 15.1. The average molecular weight is 468 g/mol. The molecule has 4 rings (SSSR count). The molecule has 0 saturated heterocycles. The van der Waals surface area contributed by atoms with Crippen molar-refractivity contribution in [2.24, 2.45) is 4.36 Å². The molecule has 4 aromatic rings. The number of imidazole rings is 1. The van der Waals surface area contributed by atoms with Gasteiger partial charge in [-0.05, 0) is 30.9 Å². The first-order valence-electron chi connectivity index (χ1n) is 9.52. The molecule has 1 amide bonds. The molecule has 1 N–H and O–H groups in total. The molecule has 3 heterocycles. The molecule has 0 aliphatic carbocycles.